The number of amides is 1. The average Bonchev–Trinajstić information content (AvgIpc) is 3.18. The zero-order chi connectivity index (χ0) is 16.7. The summed E-state index contributed by atoms with van der Waals surface area (Å²) in [4.78, 5) is 18.9. The van der Waals surface area contributed by atoms with Crippen LogP contribution in [0.5, 0.6) is 5.75 Å². The number of hydrogen-bond donors (Lipinski definition) is 0. The van der Waals surface area contributed by atoms with Gasteiger partial charge >= 0.3 is 0 Å². The van der Waals surface area contributed by atoms with Crippen LogP contribution in [0.25, 0.3) is 11.3 Å². The average molecular weight is 338 g/mol. The first-order chi connectivity index (χ1) is 11.7. The number of carbonyl (C=O) groups is 1. The molecule has 6 nitrogen and oxygen atoms in total. The molecule has 4 rings (SSSR count). The van der Waals surface area contributed by atoms with Crippen LogP contribution in [0, 0.1) is 6.92 Å². The molecule has 3 aromatic rings. The van der Waals surface area contributed by atoms with E-state index in [1.54, 1.807) is 24.3 Å². The van der Waals surface area contributed by atoms with Crippen LogP contribution in [0.2, 0.25) is 0 Å². The molecule has 3 heterocycles. The van der Waals surface area contributed by atoms with Gasteiger partial charge < -0.3 is 4.74 Å². The summed E-state index contributed by atoms with van der Waals surface area (Å²) in [6.45, 7) is 2.31. The lowest BCUT2D eigenvalue weighted by molar-refractivity contribution is 0.0996. The molecule has 0 saturated heterocycles. The number of methoxy groups -OCH3 is 1. The van der Waals surface area contributed by atoms with Crippen molar-refractivity contribution in [2.75, 3.05) is 12.0 Å². The largest absolute Gasteiger partial charge is 0.496 e. The molecule has 0 fully saturated rings. The summed E-state index contributed by atoms with van der Waals surface area (Å²) < 4.78 is 5.44. The third kappa shape index (κ3) is 2.25. The van der Waals surface area contributed by atoms with E-state index in [4.69, 9.17) is 4.74 Å². The molecule has 2 aromatic heterocycles. The minimum absolute atomic E-state index is 0.0697. The van der Waals surface area contributed by atoms with Gasteiger partial charge in [0.1, 0.15) is 10.8 Å². The number of carbonyl (C=O) groups excluding carboxylic acids is 1. The summed E-state index contributed by atoms with van der Waals surface area (Å²) >= 11 is 1.41. The van der Waals surface area contributed by atoms with Crippen molar-refractivity contribution in [3.05, 3.63) is 52.7 Å². The highest BCUT2D eigenvalue weighted by Gasteiger charge is 2.33. The Kier molecular flexibility index (Phi) is 3.50. The van der Waals surface area contributed by atoms with E-state index in [9.17, 15) is 4.79 Å². The Bertz CT molecular complexity index is 938. The fourth-order valence-corrected chi connectivity index (χ4v) is 3.54. The third-order valence-corrected chi connectivity index (χ3v) is 4.82. The van der Waals surface area contributed by atoms with Gasteiger partial charge in [0.05, 0.1) is 19.3 Å². The molecular formula is C17H14N4O2S. The molecule has 24 heavy (non-hydrogen) atoms. The Balaban J connectivity index is 1.82. The van der Waals surface area contributed by atoms with Crippen LogP contribution in [-0.2, 0) is 6.54 Å². The second-order valence-corrected chi connectivity index (χ2v) is 6.54. The van der Waals surface area contributed by atoms with Crippen molar-refractivity contribution in [2.24, 2.45) is 0 Å². The molecular weight excluding hydrogens is 324 g/mol. The first-order valence-corrected chi connectivity index (χ1v) is 8.24. The lowest BCUT2D eigenvalue weighted by Crippen LogP contribution is -2.22. The topological polar surface area (TPSA) is 68.2 Å². The second-order valence-electron chi connectivity index (χ2n) is 5.38. The molecule has 0 saturated carbocycles. The molecule has 0 bridgehead atoms. The van der Waals surface area contributed by atoms with Crippen LogP contribution >= 0.6 is 11.3 Å². The van der Waals surface area contributed by atoms with Crippen LogP contribution in [0.4, 0.5) is 5.13 Å². The van der Waals surface area contributed by atoms with Crippen LogP contribution in [0.3, 0.4) is 0 Å². The Morgan fingerprint density at radius 1 is 1.17 bits per heavy atom. The Morgan fingerprint density at radius 2 is 2.00 bits per heavy atom. The molecule has 1 amide bonds. The normalized spacial score (nSPS) is 13.2. The van der Waals surface area contributed by atoms with Gasteiger partial charge in [-0.1, -0.05) is 23.5 Å². The number of anilines is 1. The Hall–Kier alpha value is -2.80. The molecule has 0 unspecified atom stereocenters. The van der Waals surface area contributed by atoms with E-state index in [2.05, 4.69) is 15.2 Å². The van der Waals surface area contributed by atoms with Gasteiger partial charge in [-0.25, -0.2) is 0 Å². The monoisotopic (exact) mass is 338 g/mol. The molecule has 1 aliphatic rings. The number of rotatable bonds is 3. The standard InChI is InChI=1S/C17H14N4O2S/c1-10-19-20-17(24-10)21-9-13-11(16(21)22)7-8-18-15(13)12-5-3-4-6-14(12)23-2/h3-8H,9H2,1-2H3. The van der Waals surface area contributed by atoms with Crippen molar-refractivity contribution in [2.45, 2.75) is 13.5 Å². The number of hydrogen-bond acceptors (Lipinski definition) is 6. The number of ether oxygens (including phenoxy) is 1. The summed E-state index contributed by atoms with van der Waals surface area (Å²) in [7, 11) is 1.63. The van der Waals surface area contributed by atoms with Gasteiger partial charge in [-0.3, -0.25) is 14.7 Å². The smallest absolute Gasteiger partial charge is 0.260 e. The van der Waals surface area contributed by atoms with Crippen molar-refractivity contribution >= 4 is 22.4 Å². The van der Waals surface area contributed by atoms with Crippen LogP contribution in [-0.4, -0.2) is 28.2 Å². The number of benzene rings is 1. The van der Waals surface area contributed by atoms with E-state index in [0.717, 1.165) is 27.6 Å². The quantitative estimate of drug-likeness (QED) is 0.734. The number of para-hydroxylation sites is 1. The van der Waals surface area contributed by atoms with Gasteiger partial charge in [-0.05, 0) is 25.1 Å². The van der Waals surface area contributed by atoms with Crippen LogP contribution in [0.1, 0.15) is 20.9 Å². The van der Waals surface area contributed by atoms with Crippen molar-refractivity contribution in [3.63, 3.8) is 0 Å². The van der Waals surface area contributed by atoms with E-state index in [1.165, 1.54) is 11.3 Å². The van der Waals surface area contributed by atoms with Crippen molar-refractivity contribution in [3.8, 4) is 17.0 Å². The van der Waals surface area contributed by atoms with E-state index in [1.807, 2.05) is 31.2 Å². The predicted molar refractivity (Wildman–Crippen MR) is 91.4 cm³/mol. The fourth-order valence-electron chi connectivity index (χ4n) is 2.85. The lowest BCUT2D eigenvalue weighted by atomic mass is 10.0. The number of nitrogens with zero attached hydrogens (tertiary/aromatic N) is 4. The van der Waals surface area contributed by atoms with Gasteiger partial charge in [0.2, 0.25) is 5.13 Å². The molecule has 0 spiro atoms. The molecule has 1 aromatic carbocycles. The highest BCUT2D eigenvalue weighted by molar-refractivity contribution is 7.15. The first-order valence-electron chi connectivity index (χ1n) is 7.42. The maximum Gasteiger partial charge on any atom is 0.260 e. The Morgan fingerprint density at radius 3 is 2.75 bits per heavy atom. The zero-order valence-corrected chi connectivity index (χ0v) is 14.0. The summed E-state index contributed by atoms with van der Waals surface area (Å²) in [6.07, 6.45) is 1.66. The highest BCUT2D eigenvalue weighted by atomic mass is 32.1. The van der Waals surface area contributed by atoms with E-state index in [-0.39, 0.29) is 5.91 Å². The zero-order valence-electron chi connectivity index (χ0n) is 13.2. The lowest BCUT2D eigenvalue weighted by Gasteiger charge is -2.11. The number of aryl methyl sites for hydroxylation is 1. The van der Waals surface area contributed by atoms with Gasteiger partial charge in [0.25, 0.3) is 5.91 Å². The summed E-state index contributed by atoms with van der Waals surface area (Å²) in [5.74, 6) is 0.663. The number of fused-ring (bicyclic) bond motifs is 1. The van der Waals surface area contributed by atoms with E-state index in [0.29, 0.717) is 17.2 Å². The maximum atomic E-state index is 12.8. The van der Waals surface area contributed by atoms with Crippen molar-refractivity contribution < 1.29 is 9.53 Å². The summed E-state index contributed by atoms with van der Waals surface area (Å²) in [5.41, 5.74) is 3.18. The summed E-state index contributed by atoms with van der Waals surface area (Å²) in [5, 5.41) is 9.54. The van der Waals surface area contributed by atoms with E-state index >= 15 is 0 Å². The second kappa shape index (κ2) is 5.68. The molecule has 1 aliphatic heterocycles. The predicted octanol–water partition coefficient (Wildman–Crippen LogP) is 3.08. The van der Waals surface area contributed by atoms with Crippen LogP contribution in [0.15, 0.2) is 36.5 Å². The first kappa shape index (κ1) is 14.8. The Labute approximate surface area is 142 Å². The molecule has 7 heteroatoms. The third-order valence-electron chi connectivity index (χ3n) is 3.96. The molecule has 0 aliphatic carbocycles. The maximum absolute atomic E-state index is 12.8. The number of pyridine rings is 1. The SMILES string of the molecule is COc1ccccc1-c1nccc2c1CN(c1nnc(C)s1)C2=O. The van der Waals surface area contributed by atoms with E-state index < -0.39 is 0 Å². The minimum atomic E-state index is -0.0697. The number of aromatic nitrogens is 3. The van der Waals surface area contributed by atoms with Gasteiger partial charge in [0, 0.05) is 22.9 Å². The molecule has 120 valence electrons. The highest BCUT2D eigenvalue weighted by Crippen LogP contribution is 2.37. The summed E-state index contributed by atoms with van der Waals surface area (Å²) in [6, 6.07) is 9.43. The van der Waals surface area contributed by atoms with Gasteiger partial charge in [-0.15, -0.1) is 10.2 Å². The van der Waals surface area contributed by atoms with Crippen LogP contribution < -0.4 is 9.64 Å². The van der Waals surface area contributed by atoms with Gasteiger partial charge in [0.15, 0.2) is 0 Å². The fraction of sp³-hybridized carbons (Fsp3) is 0.176. The molecule has 0 atom stereocenters. The van der Waals surface area contributed by atoms with Crippen molar-refractivity contribution in [1.82, 2.24) is 15.2 Å². The van der Waals surface area contributed by atoms with Gasteiger partial charge in [-0.2, -0.15) is 0 Å². The molecule has 0 radical (unpaired) electrons. The minimum Gasteiger partial charge on any atom is -0.496 e. The molecule has 0 N–H and O–H groups in total. The van der Waals surface area contributed by atoms with Crippen molar-refractivity contribution in [1.29, 1.82) is 0 Å².